The summed E-state index contributed by atoms with van der Waals surface area (Å²) < 4.78 is 0. The van der Waals surface area contributed by atoms with Crippen molar-refractivity contribution in [3.63, 3.8) is 0 Å². The highest BCUT2D eigenvalue weighted by atomic mass is 16.2. The maximum atomic E-state index is 11.7. The molecule has 0 radical (unpaired) electrons. The van der Waals surface area contributed by atoms with Crippen molar-refractivity contribution < 1.29 is 4.79 Å². The highest BCUT2D eigenvalue weighted by Gasteiger charge is 2.53. The molecule has 0 aromatic rings. The van der Waals surface area contributed by atoms with E-state index in [2.05, 4.69) is 5.32 Å². The Morgan fingerprint density at radius 1 is 1.12 bits per heavy atom. The van der Waals surface area contributed by atoms with Crippen LogP contribution in [0.4, 0.5) is 4.79 Å². The van der Waals surface area contributed by atoms with Crippen molar-refractivity contribution >= 4 is 6.03 Å². The molecule has 0 aromatic heterocycles. The minimum absolute atomic E-state index is 0.0911. The Labute approximate surface area is 97.6 Å². The van der Waals surface area contributed by atoms with Crippen LogP contribution in [0.25, 0.3) is 0 Å². The van der Waals surface area contributed by atoms with E-state index >= 15 is 0 Å². The smallest absolute Gasteiger partial charge is 0.317 e. The largest absolute Gasteiger partial charge is 0.335 e. The van der Waals surface area contributed by atoms with Gasteiger partial charge in [-0.3, -0.25) is 0 Å². The van der Waals surface area contributed by atoms with Crippen LogP contribution in [0.1, 0.15) is 32.1 Å². The molecule has 16 heavy (non-hydrogen) atoms. The lowest BCUT2D eigenvalue weighted by atomic mass is 9.80. The zero-order chi connectivity index (χ0) is 11.3. The van der Waals surface area contributed by atoms with Crippen LogP contribution in [0.5, 0.6) is 0 Å². The Morgan fingerprint density at radius 3 is 2.62 bits per heavy atom. The van der Waals surface area contributed by atoms with Crippen LogP contribution in [-0.2, 0) is 0 Å². The summed E-state index contributed by atoms with van der Waals surface area (Å²) in [6.45, 7) is 0. The molecule has 0 heterocycles. The first-order valence-corrected chi connectivity index (χ1v) is 6.64. The van der Waals surface area contributed by atoms with Gasteiger partial charge in [0, 0.05) is 20.1 Å². The number of nitrogens with zero attached hydrogens (tertiary/aromatic N) is 1. The fourth-order valence-electron chi connectivity index (χ4n) is 4.53. The van der Waals surface area contributed by atoms with E-state index in [0.29, 0.717) is 6.04 Å². The molecule has 3 rings (SSSR count). The molecule has 3 aliphatic carbocycles. The summed E-state index contributed by atoms with van der Waals surface area (Å²) in [6.07, 6.45) is 6.89. The van der Waals surface area contributed by atoms with Gasteiger partial charge in [0.1, 0.15) is 0 Å². The van der Waals surface area contributed by atoms with Crippen molar-refractivity contribution in [1.82, 2.24) is 10.2 Å². The molecule has 5 atom stereocenters. The number of fused-ring (bicyclic) bond motifs is 5. The first kappa shape index (κ1) is 10.4. The van der Waals surface area contributed by atoms with Gasteiger partial charge >= 0.3 is 6.03 Å². The second-order valence-corrected chi connectivity index (χ2v) is 6.10. The third-order valence-corrected chi connectivity index (χ3v) is 5.15. The first-order chi connectivity index (χ1) is 7.66. The van der Waals surface area contributed by atoms with Gasteiger partial charge in [-0.25, -0.2) is 4.79 Å². The predicted molar refractivity (Wildman–Crippen MR) is 63.1 cm³/mol. The monoisotopic (exact) mass is 222 g/mol. The van der Waals surface area contributed by atoms with Crippen LogP contribution in [0, 0.1) is 23.7 Å². The molecule has 0 saturated heterocycles. The van der Waals surface area contributed by atoms with Crippen molar-refractivity contribution in [2.24, 2.45) is 23.7 Å². The summed E-state index contributed by atoms with van der Waals surface area (Å²) in [7, 11) is 3.64. The Hall–Kier alpha value is -0.730. The summed E-state index contributed by atoms with van der Waals surface area (Å²) in [6, 6.07) is 0.559. The molecule has 3 nitrogen and oxygen atoms in total. The van der Waals surface area contributed by atoms with E-state index in [-0.39, 0.29) is 6.03 Å². The number of hydrogen-bond donors (Lipinski definition) is 1. The Bertz CT molecular complexity index is 302. The predicted octanol–water partition coefficient (Wildman–Crippen LogP) is 2.08. The first-order valence-electron chi connectivity index (χ1n) is 6.64. The van der Waals surface area contributed by atoms with Crippen LogP contribution in [0.2, 0.25) is 0 Å². The average Bonchev–Trinajstić information content (AvgIpc) is 2.88. The standard InChI is InChI=1S/C13H22N2O/c1-15(2)13(16)14-11-6-5-10-8-3-4-9(7-8)12(10)11/h8-12H,3-7H2,1-2H3,(H,14,16)/t8-,9+,10?,11?,12?/m1/s1. The number of urea groups is 1. The van der Waals surface area contributed by atoms with Crippen molar-refractivity contribution in [1.29, 1.82) is 0 Å². The number of amides is 2. The number of hydrogen-bond acceptors (Lipinski definition) is 1. The minimum Gasteiger partial charge on any atom is -0.335 e. The maximum Gasteiger partial charge on any atom is 0.317 e. The topological polar surface area (TPSA) is 32.3 Å². The molecule has 3 aliphatic rings. The lowest BCUT2D eigenvalue weighted by Crippen LogP contribution is -2.45. The van der Waals surface area contributed by atoms with Crippen molar-refractivity contribution in [2.45, 2.75) is 38.1 Å². The van der Waals surface area contributed by atoms with E-state index in [0.717, 1.165) is 23.7 Å². The molecule has 0 aromatic carbocycles. The number of rotatable bonds is 1. The summed E-state index contributed by atoms with van der Waals surface area (Å²) >= 11 is 0. The molecule has 0 aliphatic heterocycles. The highest BCUT2D eigenvalue weighted by molar-refractivity contribution is 5.73. The van der Waals surface area contributed by atoms with Crippen LogP contribution < -0.4 is 5.32 Å². The molecule has 3 heteroatoms. The van der Waals surface area contributed by atoms with E-state index < -0.39 is 0 Å². The fraction of sp³-hybridized carbons (Fsp3) is 0.923. The molecule has 3 fully saturated rings. The van der Waals surface area contributed by atoms with Gasteiger partial charge in [-0.2, -0.15) is 0 Å². The van der Waals surface area contributed by atoms with Gasteiger partial charge < -0.3 is 10.2 Å². The minimum atomic E-state index is 0.0911. The third-order valence-electron chi connectivity index (χ3n) is 5.15. The number of carbonyl (C=O) groups is 1. The van der Waals surface area contributed by atoms with Crippen LogP contribution >= 0.6 is 0 Å². The summed E-state index contributed by atoms with van der Waals surface area (Å²) in [5.41, 5.74) is 0. The van der Waals surface area contributed by atoms with Crippen molar-refractivity contribution in [3.05, 3.63) is 0 Å². The lowest BCUT2D eigenvalue weighted by molar-refractivity contribution is 0.194. The Morgan fingerprint density at radius 2 is 1.88 bits per heavy atom. The number of carbonyl (C=O) groups excluding carboxylic acids is 1. The number of nitrogens with one attached hydrogen (secondary N) is 1. The van der Waals surface area contributed by atoms with Crippen molar-refractivity contribution in [3.8, 4) is 0 Å². The van der Waals surface area contributed by atoms with Crippen LogP contribution in [0.15, 0.2) is 0 Å². The lowest BCUT2D eigenvalue weighted by Gasteiger charge is -2.30. The van der Waals surface area contributed by atoms with Gasteiger partial charge in [0.05, 0.1) is 0 Å². The molecule has 3 unspecified atom stereocenters. The second-order valence-electron chi connectivity index (χ2n) is 6.10. The zero-order valence-corrected chi connectivity index (χ0v) is 10.3. The van der Waals surface area contributed by atoms with Gasteiger partial charge in [-0.05, 0) is 55.8 Å². The fourth-order valence-corrected chi connectivity index (χ4v) is 4.53. The molecule has 1 N–H and O–H groups in total. The second kappa shape index (κ2) is 3.64. The molecule has 2 amide bonds. The van der Waals surface area contributed by atoms with Gasteiger partial charge in [0.15, 0.2) is 0 Å². The van der Waals surface area contributed by atoms with Gasteiger partial charge in [-0.15, -0.1) is 0 Å². The quantitative estimate of drug-likeness (QED) is 0.724. The van der Waals surface area contributed by atoms with Crippen molar-refractivity contribution in [2.75, 3.05) is 14.1 Å². The summed E-state index contributed by atoms with van der Waals surface area (Å²) in [5, 5.41) is 3.22. The van der Waals surface area contributed by atoms with E-state index in [4.69, 9.17) is 0 Å². The van der Waals surface area contributed by atoms with E-state index in [1.807, 2.05) is 14.1 Å². The van der Waals surface area contributed by atoms with Gasteiger partial charge in [0.2, 0.25) is 0 Å². The van der Waals surface area contributed by atoms with Gasteiger partial charge in [-0.1, -0.05) is 0 Å². The van der Waals surface area contributed by atoms with Crippen LogP contribution in [0.3, 0.4) is 0 Å². The van der Waals surface area contributed by atoms with E-state index in [1.165, 1.54) is 32.1 Å². The molecular weight excluding hydrogens is 200 g/mol. The summed E-state index contributed by atoms with van der Waals surface area (Å²) in [5.74, 6) is 3.66. The Kier molecular flexibility index (Phi) is 2.37. The summed E-state index contributed by atoms with van der Waals surface area (Å²) in [4.78, 5) is 13.4. The zero-order valence-electron chi connectivity index (χ0n) is 10.3. The van der Waals surface area contributed by atoms with E-state index in [9.17, 15) is 4.79 Å². The normalized spacial score (nSPS) is 44.5. The molecular formula is C13H22N2O. The van der Waals surface area contributed by atoms with Gasteiger partial charge in [0.25, 0.3) is 0 Å². The molecule has 3 saturated carbocycles. The average molecular weight is 222 g/mol. The highest BCUT2D eigenvalue weighted by Crippen LogP contribution is 2.58. The Balaban J connectivity index is 1.68. The van der Waals surface area contributed by atoms with E-state index in [1.54, 1.807) is 4.90 Å². The third kappa shape index (κ3) is 1.44. The molecule has 90 valence electrons. The SMILES string of the molecule is CN(C)C(=O)NC1CCC2C1[C@H]1CC[C@@H]2C1. The maximum absolute atomic E-state index is 11.7. The molecule has 0 spiro atoms. The van der Waals surface area contributed by atoms with Crippen LogP contribution in [-0.4, -0.2) is 31.1 Å². The molecule has 2 bridgehead atoms.